The highest BCUT2D eigenvalue weighted by Gasteiger charge is 2.25. The van der Waals surface area contributed by atoms with Crippen LogP contribution in [0.15, 0.2) is 23.5 Å². The second-order valence-electron chi connectivity index (χ2n) is 5.33. The van der Waals surface area contributed by atoms with Crippen LogP contribution < -0.4 is 5.73 Å². The molecule has 1 amide bonds. The van der Waals surface area contributed by atoms with Gasteiger partial charge in [-0.25, -0.2) is 0 Å². The zero-order valence-electron chi connectivity index (χ0n) is 12.3. The predicted octanol–water partition coefficient (Wildman–Crippen LogP) is 1.97. The molecular weight excluding hydrogens is 268 g/mol. The van der Waals surface area contributed by atoms with Gasteiger partial charge in [0.15, 0.2) is 5.84 Å². The molecule has 3 N–H and O–H groups in total. The second-order valence-corrected chi connectivity index (χ2v) is 5.33. The number of rotatable bonds is 3. The molecule has 1 atom stereocenters. The zero-order valence-corrected chi connectivity index (χ0v) is 12.3. The third kappa shape index (κ3) is 3.51. The Morgan fingerprint density at radius 3 is 2.90 bits per heavy atom. The van der Waals surface area contributed by atoms with Gasteiger partial charge in [-0.05, 0) is 31.4 Å². The fourth-order valence-corrected chi connectivity index (χ4v) is 2.75. The van der Waals surface area contributed by atoms with Crippen molar-refractivity contribution in [3.8, 4) is 0 Å². The summed E-state index contributed by atoms with van der Waals surface area (Å²) in [7, 11) is 0. The van der Waals surface area contributed by atoms with Crippen LogP contribution >= 0.6 is 0 Å². The van der Waals surface area contributed by atoms with Gasteiger partial charge in [0.05, 0.1) is 0 Å². The highest BCUT2D eigenvalue weighted by Crippen LogP contribution is 2.21. The summed E-state index contributed by atoms with van der Waals surface area (Å²) < 4.78 is 0. The summed E-state index contributed by atoms with van der Waals surface area (Å²) in [4.78, 5) is 18.7. The lowest BCUT2D eigenvalue weighted by Crippen LogP contribution is -2.40. The molecule has 1 aromatic rings. The molecule has 1 unspecified atom stereocenters. The summed E-state index contributed by atoms with van der Waals surface area (Å²) >= 11 is 0. The topological polar surface area (TPSA) is 91.8 Å². The zero-order chi connectivity index (χ0) is 15.2. The summed E-state index contributed by atoms with van der Waals surface area (Å²) in [5.74, 6) is -0.0440. The van der Waals surface area contributed by atoms with E-state index in [4.69, 9.17) is 10.9 Å². The van der Waals surface area contributed by atoms with Crippen LogP contribution in [0.1, 0.15) is 55.1 Å². The Kier molecular flexibility index (Phi) is 5.14. The van der Waals surface area contributed by atoms with Gasteiger partial charge in [0.1, 0.15) is 5.69 Å². The molecule has 1 aliphatic heterocycles. The smallest absolute Gasteiger partial charge is 0.272 e. The van der Waals surface area contributed by atoms with Gasteiger partial charge in [0, 0.05) is 24.3 Å². The van der Waals surface area contributed by atoms with Crippen LogP contribution in [0, 0.1) is 0 Å². The van der Waals surface area contributed by atoms with E-state index in [-0.39, 0.29) is 11.7 Å². The van der Waals surface area contributed by atoms with Crippen molar-refractivity contribution < 1.29 is 10.0 Å². The van der Waals surface area contributed by atoms with E-state index in [1.54, 1.807) is 12.1 Å². The van der Waals surface area contributed by atoms with Crippen LogP contribution in [0.25, 0.3) is 0 Å². The minimum absolute atomic E-state index is 0.0114. The van der Waals surface area contributed by atoms with Crippen LogP contribution in [0.3, 0.4) is 0 Å². The normalized spacial score (nSPS) is 20.1. The minimum Gasteiger partial charge on any atom is -0.409 e. The van der Waals surface area contributed by atoms with Crippen LogP contribution in [0.5, 0.6) is 0 Å². The van der Waals surface area contributed by atoms with E-state index in [2.05, 4.69) is 17.1 Å². The molecule has 1 saturated heterocycles. The Bertz CT molecular complexity index is 513. The molecule has 114 valence electrons. The molecular formula is C15H22N4O2. The quantitative estimate of drug-likeness (QED) is 0.385. The van der Waals surface area contributed by atoms with Crippen LogP contribution in [0.2, 0.25) is 0 Å². The largest absolute Gasteiger partial charge is 0.409 e. The molecule has 6 heteroatoms. The van der Waals surface area contributed by atoms with Gasteiger partial charge < -0.3 is 15.8 Å². The Hall–Kier alpha value is -2.11. The van der Waals surface area contributed by atoms with Crippen LogP contribution in [-0.4, -0.2) is 39.4 Å². The molecule has 2 heterocycles. The number of carbonyl (C=O) groups excluding carboxylic acids is 1. The summed E-state index contributed by atoms with van der Waals surface area (Å²) in [5.41, 5.74) is 6.40. The van der Waals surface area contributed by atoms with E-state index in [0.29, 0.717) is 17.3 Å². The molecule has 2 rings (SSSR count). The first kappa shape index (κ1) is 15.3. The summed E-state index contributed by atoms with van der Waals surface area (Å²) in [6.45, 7) is 2.91. The molecule has 1 fully saturated rings. The van der Waals surface area contributed by atoms with Crippen molar-refractivity contribution in [2.45, 2.75) is 45.1 Å². The maximum Gasteiger partial charge on any atom is 0.272 e. The number of amides is 1. The van der Waals surface area contributed by atoms with Gasteiger partial charge in [-0.15, -0.1) is 0 Å². The van der Waals surface area contributed by atoms with E-state index in [0.717, 1.165) is 25.8 Å². The Morgan fingerprint density at radius 1 is 1.48 bits per heavy atom. The van der Waals surface area contributed by atoms with Crippen molar-refractivity contribution in [1.29, 1.82) is 0 Å². The number of nitrogens with two attached hydrogens (primary N) is 1. The minimum atomic E-state index is -0.0326. The highest BCUT2D eigenvalue weighted by atomic mass is 16.4. The molecule has 1 aliphatic rings. The Morgan fingerprint density at radius 2 is 2.29 bits per heavy atom. The highest BCUT2D eigenvalue weighted by molar-refractivity contribution is 5.98. The van der Waals surface area contributed by atoms with E-state index < -0.39 is 0 Å². The number of oxime groups is 1. The van der Waals surface area contributed by atoms with E-state index in [9.17, 15) is 4.79 Å². The number of hydrogen-bond acceptors (Lipinski definition) is 4. The number of carbonyl (C=O) groups is 1. The SMILES string of the molecule is CCC1CCCCCN1C(=O)c1ccc(/C(N)=N/O)cn1. The first-order chi connectivity index (χ1) is 10.2. The molecule has 0 aromatic carbocycles. The standard InChI is InChI=1S/C15H22N4O2/c1-2-12-6-4-3-5-9-19(12)15(20)13-8-7-11(10-17-13)14(16)18-21/h7-8,10,12,21H,2-6,9H2,1H3,(H2,16,18). The van der Waals surface area contributed by atoms with Gasteiger partial charge in [-0.3, -0.25) is 9.78 Å². The van der Waals surface area contributed by atoms with Gasteiger partial charge in [0.2, 0.25) is 0 Å². The first-order valence-corrected chi connectivity index (χ1v) is 7.42. The maximum atomic E-state index is 12.6. The van der Waals surface area contributed by atoms with Crippen molar-refractivity contribution >= 4 is 11.7 Å². The first-order valence-electron chi connectivity index (χ1n) is 7.42. The number of likely N-dealkylation sites (tertiary alicyclic amines) is 1. The number of aromatic nitrogens is 1. The van der Waals surface area contributed by atoms with Crippen LogP contribution in [-0.2, 0) is 0 Å². The number of pyridine rings is 1. The Labute approximate surface area is 124 Å². The molecule has 1 aromatic heterocycles. The Balaban J connectivity index is 2.18. The van der Waals surface area contributed by atoms with E-state index in [1.807, 2.05) is 4.90 Å². The van der Waals surface area contributed by atoms with Crippen molar-refractivity contribution in [3.63, 3.8) is 0 Å². The van der Waals surface area contributed by atoms with E-state index in [1.165, 1.54) is 19.0 Å². The average molecular weight is 290 g/mol. The lowest BCUT2D eigenvalue weighted by atomic mass is 10.1. The van der Waals surface area contributed by atoms with Crippen molar-refractivity contribution in [2.75, 3.05) is 6.54 Å². The molecule has 0 saturated carbocycles. The average Bonchev–Trinajstić information content (AvgIpc) is 2.78. The van der Waals surface area contributed by atoms with Gasteiger partial charge in [-0.2, -0.15) is 0 Å². The van der Waals surface area contributed by atoms with Crippen molar-refractivity contribution in [2.24, 2.45) is 10.9 Å². The molecule has 0 radical (unpaired) electrons. The van der Waals surface area contributed by atoms with E-state index >= 15 is 0 Å². The lowest BCUT2D eigenvalue weighted by molar-refractivity contribution is 0.0672. The van der Waals surface area contributed by atoms with Gasteiger partial charge in [0.25, 0.3) is 5.91 Å². The molecule has 0 bridgehead atoms. The molecule has 21 heavy (non-hydrogen) atoms. The third-order valence-corrected chi connectivity index (χ3v) is 4.00. The number of amidine groups is 1. The van der Waals surface area contributed by atoms with Crippen molar-refractivity contribution in [1.82, 2.24) is 9.88 Å². The molecule has 0 aliphatic carbocycles. The van der Waals surface area contributed by atoms with Crippen molar-refractivity contribution in [3.05, 3.63) is 29.6 Å². The summed E-state index contributed by atoms with van der Waals surface area (Å²) in [5, 5.41) is 11.5. The number of nitrogens with zero attached hydrogens (tertiary/aromatic N) is 3. The number of hydrogen-bond donors (Lipinski definition) is 2. The monoisotopic (exact) mass is 290 g/mol. The summed E-state index contributed by atoms with van der Waals surface area (Å²) in [6, 6.07) is 3.58. The van der Waals surface area contributed by atoms with Crippen LogP contribution in [0.4, 0.5) is 0 Å². The second kappa shape index (κ2) is 7.06. The fourth-order valence-electron chi connectivity index (χ4n) is 2.75. The third-order valence-electron chi connectivity index (χ3n) is 4.00. The summed E-state index contributed by atoms with van der Waals surface area (Å²) in [6.07, 6.45) is 6.89. The van der Waals surface area contributed by atoms with Gasteiger partial charge >= 0.3 is 0 Å². The molecule has 6 nitrogen and oxygen atoms in total. The van der Waals surface area contributed by atoms with Gasteiger partial charge in [-0.1, -0.05) is 24.9 Å². The predicted molar refractivity (Wildman–Crippen MR) is 80.3 cm³/mol. The fraction of sp³-hybridized carbons (Fsp3) is 0.533. The maximum absolute atomic E-state index is 12.6. The lowest BCUT2D eigenvalue weighted by Gasteiger charge is -2.29. The molecule has 0 spiro atoms.